The number of benzene rings is 2. The Bertz CT molecular complexity index is 734. The van der Waals surface area contributed by atoms with Gasteiger partial charge in [0.05, 0.1) is 20.3 Å². The van der Waals surface area contributed by atoms with Gasteiger partial charge in [-0.3, -0.25) is 4.79 Å². The van der Waals surface area contributed by atoms with Gasteiger partial charge in [0.2, 0.25) is 0 Å². The fourth-order valence-electron chi connectivity index (χ4n) is 2.38. The molecule has 1 aliphatic heterocycles. The van der Waals surface area contributed by atoms with Crippen LogP contribution in [0.2, 0.25) is 0 Å². The molecule has 118 valence electrons. The minimum Gasteiger partial charge on any atom is -0.496 e. The van der Waals surface area contributed by atoms with Crippen LogP contribution in [0.4, 0.5) is 0 Å². The van der Waals surface area contributed by atoms with Crippen molar-refractivity contribution in [2.24, 2.45) is 0 Å². The molecule has 0 atom stereocenters. The van der Waals surface area contributed by atoms with Gasteiger partial charge in [-0.1, -0.05) is 18.2 Å². The van der Waals surface area contributed by atoms with Crippen LogP contribution < -0.4 is 14.2 Å². The molecule has 23 heavy (non-hydrogen) atoms. The molecule has 0 unspecified atom stereocenters. The van der Waals surface area contributed by atoms with Crippen LogP contribution in [0, 0.1) is 0 Å². The van der Waals surface area contributed by atoms with E-state index in [-0.39, 0.29) is 5.78 Å². The molecule has 0 radical (unpaired) electrons. The topological polar surface area (TPSA) is 44.8 Å². The van der Waals surface area contributed by atoms with E-state index in [1.54, 1.807) is 31.4 Å². The van der Waals surface area contributed by atoms with Crippen LogP contribution >= 0.6 is 0 Å². The second kappa shape index (κ2) is 7.01. The average molecular weight is 310 g/mol. The van der Waals surface area contributed by atoms with Crippen LogP contribution in [-0.2, 0) is 0 Å². The molecule has 0 N–H and O–H groups in total. The molecule has 0 amide bonds. The molecular formula is C19H18O4. The first-order valence-electron chi connectivity index (χ1n) is 7.53. The van der Waals surface area contributed by atoms with Crippen LogP contribution in [0.25, 0.3) is 6.08 Å². The number of ketones is 1. The fourth-order valence-corrected chi connectivity index (χ4v) is 2.38. The molecule has 0 saturated carbocycles. The van der Waals surface area contributed by atoms with Crippen LogP contribution in [0.5, 0.6) is 17.2 Å². The Morgan fingerprint density at radius 2 is 1.87 bits per heavy atom. The molecule has 1 heterocycles. The average Bonchev–Trinajstić information content (AvgIpc) is 2.84. The maximum Gasteiger partial charge on any atom is 0.185 e. The number of carbonyl (C=O) groups is 1. The van der Waals surface area contributed by atoms with Crippen molar-refractivity contribution in [2.75, 3.05) is 20.3 Å². The Morgan fingerprint density at radius 3 is 2.70 bits per heavy atom. The van der Waals surface area contributed by atoms with Gasteiger partial charge in [-0.2, -0.15) is 0 Å². The summed E-state index contributed by atoms with van der Waals surface area (Å²) in [4.78, 5) is 12.4. The van der Waals surface area contributed by atoms with E-state index < -0.39 is 0 Å². The highest BCUT2D eigenvalue weighted by Crippen LogP contribution is 2.30. The minimum absolute atomic E-state index is 0.0912. The van der Waals surface area contributed by atoms with E-state index in [1.165, 1.54) is 6.08 Å². The summed E-state index contributed by atoms with van der Waals surface area (Å²) in [6.07, 6.45) is 4.13. The van der Waals surface area contributed by atoms with Crippen molar-refractivity contribution in [3.8, 4) is 17.2 Å². The minimum atomic E-state index is -0.0912. The number of fused-ring (bicyclic) bond motifs is 1. The smallest absolute Gasteiger partial charge is 0.185 e. The highest BCUT2D eigenvalue weighted by atomic mass is 16.5. The molecule has 2 aromatic carbocycles. The van der Waals surface area contributed by atoms with Gasteiger partial charge in [0.15, 0.2) is 17.3 Å². The molecular weight excluding hydrogens is 292 g/mol. The lowest BCUT2D eigenvalue weighted by Gasteiger charge is -2.08. The number of ether oxygens (including phenoxy) is 3. The highest BCUT2D eigenvalue weighted by molar-refractivity contribution is 6.07. The third kappa shape index (κ3) is 3.54. The van der Waals surface area contributed by atoms with Crippen molar-refractivity contribution < 1.29 is 19.0 Å². The van der Waals surface area contributed by atoms with Gasteiger partial charge in [0.25, 0.3) is 0 Å². The Labute approximate surface area is 135 Å². The van der Waals surface area contributed by atoms with E-state index in [1.807, 2.05) is 24.3 Å². The van der Waals surface area contributed by atoms with Crippen molar-refractivity contribution in [2.45, 2.75) is 6.42 Å². The Balaban J connectivity index is 1.80. The third-order valence-corrected chi connectivity index (χ3v) is 3.59. The largest absolute Gasteiger partial charge is 0.496 e. The number of hydrogen-bond acceptors (Lipinski definition) is 4. The van der Waals surface area contributed by atoms with E-state index in [0.29, 0.717) is 30.3 Å². The lowest BCUT2D eigenvalue weighted by molar-refractivity contribution is 0.104. The maximum absolute atomic E-state index is 12.4. The highest BCUT2D eigenvalue weighted by Gasteiger charge is 2.13. The quantitative estimate of drug-likeness (QED) is 0.637. The molecule has 3 rings (SSSR count). The monoisotopic (exact) mass is 310 g/mol. The molecule has 1 aliphatic rings. The van der Waals surface area contributed by atoms with Crippen LogP contribution in [0.3, 0.4) is 0 Å². The zero-order chi connectivity index (χ0) is 16.1. The van der Waals surface area contributed by atoms with Crippen molar-refractivity contribution >= 4 is 11.9 Å². The van der Waals surface area contributed by atoms with Crippen LogP contribution in [-0.4, -0.2) is 26.1 Å². The van der Waals surface area contributed by atoms with E-state index in [2.05, 4.69) is 0 Å². The number of hydrogen-bond donors (Lipinski definition) is 0. The summed E-state index contributed by atoms with van der Waals surface area (Å²) in [5.41, 5.74) is 1.43. The van der Waals surface area contributed by atoms with Crippen LogP contribution in [0.1, 0.15) is 22.3 Å². The van der Waals surface area contributed by atoms with Crippen LogP contribution in [0.15, 0.2) is 48.5 Å². The summed E-state index contributed by atoms with van der Waals surface area (Å²) < 4.78 is 16.5. The maximum atomic E-state index is 12.4. The summed E-state index contributed by atoms with van der Waals surface area (Å²) in [6.45, 7) is 1.23. The summed E-state index contributed by atoms with van der Waals surface area (Å²) in [6, 6.07) is 12.8. The molecule has 0 bridgehead atoms. The second-order valence-corrected chi connectivity index (χ2v) is 5.15. The molecule has 0 fully saturated rings. The Kier molecular flexibility index (Phi) is 4.62. The number of allylic oxidation sites excluding steroid dienone is 1. The van der Waals surface area contributed by atoms with Gasteiger partial charge in [-0.05, 0) is 36.4 Å². The number of carbonyl (C=O) groups excluding carboxylic acids is 1. The van der Waals surface area contributed by atoms with Crippen molar-refractivity contribution in [1.29, 1.82) is 0 Å². The molecule has 4 nitrogen and oxygen atoms in total. The van der Waals surface area contributed by atoms with Gasteiger partial charge in [0, 0.05) is 17.5 Å². The molecule has 0 saturated heterocycles. The van der Waals surface area contributed by atoms with Crippen molar-refractivity contribution in [3.05, 3.63) is 59.7 Å². The normalized spacial score (nSPS) is 13.6. The van der Waals surface area contributed by atoms with Crippen molar-refractivity contribution in [1.82, 2.24) is 0 Å². The van der Waals surface area contributed by atoms with Gasteiger partial charge >= 0.3 is 0 Å². The number of methoxy groups -OCH3 is 1. The zero-order valence-corrected chi connectivity index (χ0v) is 13.0. The molecule has 0 aromatic heterocycles. The van der Waals surface area contributed by atoms with Gasteiger partial charge in [0.1, 0.15) is 5.75 Å². The molecule has 2 aromatic rings. The van der Waals surface area contributed by atoms with Gasteiger partial charge in [-0.15, -0.1) is 0 Å². The Morgan fingerprint density at radius 1 is 1.09 bits per heavy atom. The standard InChI is InChI=1S/C19H18O4/c1-21-17-6-3-2-5-14(17)7-9-16(20)15-8-10-18-19(13-15)23-12-4-11-22-18/h2-3,5-10,13H,4,11-12H2,1H3/b9-7+. The summed E-state index contributed by atoms with van der Waals surface area (Å²) in [7, 11) is 1.61. The lowest BCUT2D eigenvalue weighted by atomic mass is 10.1. The van der Waals surface area contributed by atoms with Crippen molar-refractivity contribution in [3.63, 3.8) is 0 Å². The molecule has 0 aliphatic carbocycles. The second-order valence-electron chi connectivity index (χ2n) is 5.15. The SMILES string of the molecule is COc1ccccc1/C=C/C(=O)c1ccc2c(c1)OCCCO2. The first kappa shape index (κ1) is 15.2. The van der Waals surface area contributed by atoms with Gasteiger partial charge < -0.3 is 14.2 Å². The zero-order valence-electron chi connectivity index (χ0n) is 13.0. The van der Waals surface area contributed by atoms with E-state index in [9.17, 15) is 4.79 Å². The first-order chi connectivity index (χ1) is 11.3. The number of rotatable bonds is 4. The van der Waals surface area contributed by atoms with E-state index in [0.717, 1.165) is 17.7 Å². The predicted octanol–water partition coefficient (Wildman–Crippen LogP) is 3.75. The summed E-state index contributed by atoms with van der Waals surface area (Å²) in [5.74, 6) is 1.95. The van der Waals surface area contributed by atoms with E-state index in [4.69, 9.17) is 14.2 Å². The third-order valence-electron chi connectivity index (χ3n) is 3.59. The first-order valence-corrected chi connectivity index (χ1v) is 7.53. The van der Waals surface area contributed by atoms with Gasteiger partial charge in [-0.25, -0.2) is 0 Å². The number of para-hydroxylation sites is 1. The lowest BCUT2D eigenvalue weighted by Crippen LogP contribution is -1.98. The molecule has 4 heteroatoms. The van der Waals surface area contributed by atoms with E-state index >= 15 is 0 Å². The Hall–Kier alpha value is -2.75. The summed E-state index contributed by atoms with van der Waals surface area (Å²) in [5, 5.41) is 0. The summed E-state index contributed by atoms with van der Waals surface area (Å²) >= 11 is 0. The molecule has 0 spiro atoms. The predicted molar refractivity (Wildman–Crippen MR) is 88.4 cm³/mol. The fraction of sp³-hybridized carbons (Fsp3) is 0.211.